The van der Waals surface area contributed by atoms with Crippen molar-refractivity contribution in [3.63, 3.8) is 0 Å². The lowest BCUT2D eigenvalue weighted by Crippen LogP contribution is -2.20. The van der Waals surface area contributed by atoms with Crippen LogP contribution >= 0.6 is 11.6 Å². The normalized spacial score (nSPS) is 14.5. The predicted octanol–water partition coefficient (Wildman–Crippen LogP) is 2.54. The van der Waals surface area contributed by atoms with Crippen molar-refractivity contribution in [2.24, 2.45) is 0 Å². The molecule has 0 amide bonds. The maximum Gasteiger partial charge on any atom is 0.435 e. The van der Waals surface area contributed by atoms with E-state index in [4.69, 9.17) is 11.6 Å². The second kappa shape index (κ2) is 5.45. The maximum atomic E-state index is 12.7. The van der Waals surface area contributed by atoms with E-state index in [9.17, 15) is 21.6 Å². The van der Waals surface area contributed by atoms with Gasteiger partial charge in [-0.05, 0) is 19.4 Å². The first-order valence-electron chi connectivity index (χ1n) is 5.89. The van der Waals surface area contributed by atoms with Crippen molar-refractivity contribution < 1.29 is 21.6 Å². The number of hydrogen-bond donors (Lipinski definition) is 0. The third-order valence-electron chi connectivity index (χ3n) is 2.96. The molecule has 21 heavy (non-hydrogen) atoms. The number of hydrogen-bond acceptors (Lipinski definition) is 4. The van der Waals surface area contributed by atoms with E-state index in [1.165, 1.54) is 6.92 Å². The van der Waals surface area contributed by atoms with E-state index in [0.29, 0.717) is 6.07 Å². The number of rotatable bonds is 4. The van der Waals surface area contributed by atoms with Gasteiger partial charge in [0, 0.05) is 18.3 Å². The quantitative estimate of drug-likeness (QED) is 0.802. The van der Waals surface area contributed by atoms with Gasteiger partial charge in [-0.1, -0.05) is 0 Å². The number of halogens is 4. The number of sulfone groups is 1. The summed E-state index contributed by atoms with van der Waals surface area (Å²) in [4.78, 5) is 3.72. The van der Waals surface area contributed by atoms with E-state index in [1.807, 2.05) is 0 Å². The van der Waals surface area contributed by atoms with Gasteiger partial charge in [-0.2, -0.15) is 18.3 Å². The van der Waals surface area contributed by atoms with Gasteiger partial charge in [0.2, 0.25) is 0 Å². The summed E-state index contributed by atoms with van der Waals surface area (Å²) in [6.45, 7) is 1.43. The van der Waals surface area contributed by atoms with Crippen LogP contribution in [0.2, 0.25) is 0 Å². The van der Waals surface area contributed by atoms with E-state index >= 15 is 0 Å². The Labute approximate surface area is 123 Å². The molecule has 0 spiro atoms. The molecule has 116 valence electrons. The molecule has 5 nitrogen and oxygen atoms in total. The summed E-state index contributed by atoms with van der Waals surface area (Å²) >= 11 is 5.52. The fourth-order valence-corrected chi connectivity index (χ4v) is 3.67. The Morgan fingerprint density at radius 1 is 1.43 bits per heavy atom. The van der Waals surface area contributed by atoms with Gasteiger partial charge < -0.3 is 0 Å². The van der Waals surface area contributed by atoms with E-state index < -0.39 is 32.0 Å². The van der Waals surface area contributed by atoms with Gasteiger partial charge in [0.15, 0.2) is 20.6 Å². The fourth-order valence-electron chi connectivity index (χ4n) is 1.76. The van der Waals surface area contributed by atoms with E-state index in [0.717, 1.165) is 16.9 Å². The molecule has 0 bridgehead atoms. The van der Waals surface area contributed by atoms with Crippen LogP contribution in [0.4, 0.5) is 13.2 Å². The lowest BCUT2D eigenvalue weighted by atomic mass is 10.4. The van der Waals surface area contributed by atoms with Crippen molar-refractivity contribution in [3.8, 4) is 0 Å². The minimum absolute atomic E-state index is 0.122. The van der Waals surface area contributed by atoms with Crippen LogP contribution in [-0.2, 0) is 16.0 Å². The molecule has 1 atom stereocenters. The summed E-state index contributed by atoms with van der Waals surface area (Å²) < 4.78 is 63.6. The molecule has 2 aromatic heterocycles. The van der Waals surface area contributed by atoms with Crippen LogP contribution in [0.1, 0.15) is 19.0 Å². The summed E-state index contributed by atoms with van der Waals surface area (Å²) in [5.41, 5.74) is -1.37. The molecule has 0 saturated heterocycles. The van der Waals surface area contributed by atoms with Gasteiger partial charge >= 0.3 is 6.18 Å². The molecule has 0 aliphatic rings. The highest BCUT2D eigenvalue weighted by Gasteiger charge is 2.36. The van der Waals surface area contributed by atoms with Crippen molar-refractivity contribution in [2.45, 2.75) is 29.8 Å². The zero-order valence-electron chi connectivity index (χ0n) is 10.8. The SMILES string of the molecule is CC(CCCl)S(=O)(=O)c1nccn2nc(C(F)(F)F)cc12. The maximum absolute atomic E-state index is 12.7. The monoisotopic (exact) mass is 341 g/mol. The number of alkyl halides is 4. The van der Waals surface area contributed by atoms with E-state index in [-0.39, 0.29) is 17.8 Å². The van der Waals surface area contributed by atoms with Gasteiger partial charge in [0.25, 0.3) is 0 Å². The lowest BCUT2D eigenvalue weighted by molar-refractivity contribution is -0.141. The fraction of sp³-hybridized carbons (Fsp3) is 0.455. The van der Waals surface area contributed by atoms with Crippen LogP contribution in [0, 0.1) is 0 Å². The molecule has 10 heteroatoms. The first kappa shape index (κ1) is 16.0. The van der Waals surface area contributed by atoms with Crippen molar-refractivity contribution in [1.29, 1.82) is 0 Å². The average Bonchev–Trinajstić information content (AvgIpc) is 2.82. The molecule has 0 fully saturated rings. The second-order valence-corrected chi connectivity index (χ2v) is 7.08. The number of nitrogens with zero attached hydrogens (tertiary/aromatic N) is 3. The zero-order valence-corrected chi connectivity index (χ0v) is 12.4. The van der Waals surface area contributed by atoms with Gasteiger partial charge in [-0.3, -0.25) is 0 Å². The Kier molecular flexibility index (Phi) is 4.16. The molecule has 0 aromatic carbocycles. The Morgan fingerprint density at radius 2 is 2.10 bits per heavy atom. The predicted molar refractivity (Wildman–Crippen MR) is 70.0 cm³/mol. The lowest BCUT2D eigenvalue weighted by Gasteiger charge is -2.11. The average molecular weight is 342 g/mol. The second-order valence-electron chi connectivity index (χ2n) is 4.42. The largest absolute Gasteiger partial charge is 0.435 e. The Morgan fingerprint density at radius 3 is 2.67 bits per heavy atom. The Hall–Kier alpha value is -1.35. The summed E-state index contributed by atoms with van der Waals surface area (Å²) in [6.07, 6.45) is -2.22. The Balaban J connectivity index is 2.63. The highest BCUT2D eigenvalue weighted by atomic mass is 35.5. The van der Waals surface area contributed by atoms with Crippen LogP contribution < -0.4 is 0 Å². The van der Waals surface area contributed by atoms with Crippen molar-refractivity contribution >= 4 is 27.0 Å². The smallest absolute Gasteiger partial charge is 0.241 e. The van der Waals surface area contributed by atoms with Gasteiger partial charge in [0.1, 0.15) is 5.52 Å². The van der Waals surface area contributed by atoms with Crippen molar-refractivity contribution in [3.05, 3.63) is 24.2 Å². The van der Waals surface area contributed by atoms with Crippen LogP contribution in [-0.4, -0.2) is 34.1 Å². The Bertz CT molecular complexity index is 758. The minimum Gasteiger partial charge on any atom is -0.241 e. The van der Waals surface area contributed by atoms with Crippen molar-refractivity contribution in [2.75, 3.05) is 5.88 Å². The molecule has 2 aromatic rings. The van der Waals surface area contributed by atoms with Crippen LogP contribution in [0.15, 0.2) is 23.5 Å². The molecule has 2 heterocycles. The summed E-state index contributed by atoms with van der Waals surface area (Å²) in [7, 11) is -3.88. The highest BCUT2D eigenvalue weighted by molar-refractivity contribution is 7.92. The summed E-state index contributed by atoms with van der Waals surface area (Å²) in [6, 6.07) is 0.674. The van der Waals surface area contributed by atoms with Crippen molar-refractivity contribution in [1.82, 2.24) is 14.6 Å². The summed E-state index contributed by atoms with van der Waals surface area (Å²) in [5.74, 6) is 0.122. The molecular weight excluding hydrogens is 331 g/mol. The number of aromatic nitrogens is 3. The van der Waals surface area contributed by atoms with E-state index in [2.05, 4.69) is 10.1 Å². The van der Waals surface area contributed by atoms with Gasteiger partial charge in [-0.25, -0.2) is 17.9 Å². The molecule has 1 unspecified atom stereocenters. The standard InChI is InChI=1S/C11H11ClF3N3O2S/c1-7(2-3-12)21(19,20)10-8-6-9(11(13,14)15)17-18(8)5-4-16-10/h4-7H,2-3H2,1H3. The highest BCUT2D eigenvalue weighted by Crippen LogP contribution is 2.30. The van der Waals surface area contributed by atoms with Gasteiger partial charge in [-0.15, -0.1) is 11.6 Å². The zero-order chi connectivity index (χ0) is 15.8. The molecule has 0 N–H and O–H groups in total. The first-order chi connectivity index (χ1) is 9.67. The van der Waals surface area contributed by atoms with Gasteiger partial charge in [0.05, 0.1) is 5.25 Å². The first-order valence-corrected chi connectivity index (χ1v) is 7.97. The topological polar surface area (TPSA) is 64.3 Å². The third-order valence-corrected chi connectivity index (χ3v) is 5.33. The van der Waals surface area contributed by atoms with Crippen LogP contribution in [0.25, 0.3) is 5.52 Å². The van der Waals surface area contributed by atoms with Crippen LogP contribution in [0.3, 0.4) is 0 Å². The molecule has 2 rings (SSSR count). The molecular formula is C11H11ClF3N3O2S. The summed E-state index contributed by atoms with van der Waals surface area (Å²) in [5, 5.41) is 2.05. The minimum atomic E-state index is -4.66. The molecule has 0 radical (unpaired) electrons. The molecule has 0 aliphatic carbocycles. The third kappa shape index (κ3) is 2.98. The number of fused-ring (bicyclic) bond motifs is 1. The van der Waals surface area contributed by atoms with E-state index in [1.54, 1.807) is 0 Å². The molecule has 0 saturated carbocycles. The van der Waals surface area contributed by atoms with Crippen LogP contribution in [0.5, 0.6) is 0 Å². The molecule has 0 aliphatic heterocycles.